The van der Waals surface area contributed by atoms with Crippen LogP contribution >= 0.6 is 11.6 Å². The first kappa shape index (κ1) is 12.8. The number of hydrogen-bond acceptors (Lipinski definition) is 5. The number of rotatable bonds is 2. The molecule has 2 aromatic rings. The second-order valence-corrected chi connectivity index (χ2v) is 6.03. The number of hydrogen-bond donors (Lipinski definition) is 0. The number of halogens is 1. The third-order valence-electron chi connectivity index (χ3n) is 2.23. The monoisotopic (exact) mass is 285 g/mol. The first-order valence-corrected chi connectivity index (χ1v) is 6.52. The van der Waals surface area contributed by atoms with Crippen molar-refractivity contribution in [3.8, 4) is 6.07 Å². The quantitative estimate of drug-likeness (QED) is 0.806. The van der Waals surface area contributed by atoms with E-state index in [1.165, 1.54) is 26.4 Å². The van der Waals surface area contributed by atoms with Gasteiger partial charge >= 0.3 is 10.2 Å². The average molecular weight is 286 g/mol. The van der Waals surface area contributed by atoms with Crippen LogP contribution in [0.2, 0.25) is 5.02 Å². The molecule has 0 bridgehead atoms. The van der Waals surface area contributed by atoms with Gasteiger partial charge in [0, 0.05) is 20.3 Å². The van der Waals surface area contributed by atoms with Crippen LogP contribution < -0.4 is 0 Å². The van der Waals surface area contributed by atoms with E-state index in [0.29, 0.717) is 0 Å². The van der Waals surface area contributed by atoms with Gasteiger partial charge in [-0.1, -0.05) is 11.6 Å². The summed E-state index contributed by atoms with van der Waals surface area (Å²) in [6.45, 7) is 0. The SMILES string of the molecule is CN(C)S(=O)(=O)n1c(C#N)nc2ncc(Cl)cc21. The van der Waals surface area contributed by atoms with Gasteiger partial charge < -0.3 is 0 Å². The van der Waals surface area contributed by atoms with Crippen LogP contribution in [0.1, 0.15) is 5.82 Å². The molecule has 0 fully saturated rings. The lowest BCUT2D eigenvalue weighted by molar-refractivity contribution is 0.511. The van der Waals surface area contributed by atoms with Gasteiger partial charge in [-0.15, -0.1) is 0 Å². The molecule has 0 saturated heterocycles. The molecular formula is C9H8ClN5O2S. The van der Waals surface area contributed by atoms with Crippen molar-refractivity contribution in [2.75, 3.05) is 14.1 Å². The van der Waals surface area contributed by atoms with Gasteiger partial charge in [-0.2, -0.15) is 26.9 Å². The molecular weight excluding hydrogens is 278 g/mol. The molecule has 2 rings (SSSR count). The number of imidazole rings is 1. The van der Waals surface area contributed by atoms with Crippen molar-refractivity contribution in [3.05, 3.63) is 23.1 Å². The summed E-state index contributed by atoms with van der Waals surface area (Å²) in [5.74, 6) is -0.256. The number of aromatic nitrogens is 3. The van der Waals surface area contributed by atoms with Crippen LogP contribution in [0.25, 0.3) is 11.2 Å². The first-order chi connectivity index (χ1) is 8.37. The summed E-state index contributed by atoms with van der Waals surface area (Å²) in [7, 11) is -1.13. The molecule has 0 N–H and O–H groups in total. The van der Waals surface area contributed by atoms with Gasteiger partial charge in [-0.05, 0) is 6.07 Å². The van der Waals surface area contributed by atoms with Crippen LogP contribution in [0, 0.1) is 11.3 Å². The molecule has 2 heterocycles. The van der Waals surface area contributed by atoms with E-state index in [-0.39, 0.29) is 22.0 Å². The summed E-state index contributed by atoms with van der Waals surface area (Å²) in [5.41, 5.74) is 0.328. The zero-order chi connectivity index (χ0) is 13.5. The number of fused-ring (bicyclic) bond motifs is 1. The minimum atomic E-state index is -3.85. The van der Waals surface area contributed by atoms with Gasteiger partial charge in [0.05, 0.1) is 5.02 Å². The molecule has 9 heteroatoms. The van der Waals surface area contributed by atoms with Gasteiger partial charge in [-0.25, -0.2) is 4.98 Å². The van der Waals surface area contributed by atoms with E-state index in [9.17, 15) is 8.42 Å². The smallest absolute Gasteiger partial charge is 0.234 e. The minimum Gasteiger partial charge on any atom is -0.234 e. The molecule has 0 aliphatic heterocycles. The van der Waals surface area contributed by atoms with Gasteiger partial charge in [0.2, 0.25) is 5.82 Å². The van der Waals surface area contributed by atoms with E-state index in [1.807, 2.05) is 0 Å². The summed E-state index contributed by atoms with van der Waals surface area (Å²) < 4.78 is 26.1. The van der Waals surface area contributed by atoms with Crippen molar-refractivity contribution in [3.63, 3.8) is 0 Å². The highest BCUT2D eigenvalue weighted by molar-refractivity contribution is 7.87. The van der Waals surface area contributed by atoms with Crippen LogP contribution in [0.4, 0.5) is 0 Å². The van der Waals surface area contributed by atoms with Crippen molar-refractivity contribution in [2.24, 2.45) is 0 Å². The normalized spacial score (nSPS) is 11.9. The van der Waals surface area contributed by atoms with E-state index >= 15 is 0 Å². The Kier molecular flexibility index (Phi) is 2.98. The standard InChI is InChI=1S/C9H8ClN5O2S/c1-14(2)18(16,17)15-7-3-6(10)5-12-9(7)13-8(15)4-11/h3,5H,1-2H3. The topological polar surface area (TPSA) is 91.9 Å². The lowest BCUT2D eigenvalue weighted by Crippen LogP contribution is -2.29. The molecule has 0 amide bonds. The highest BCUT2D eigenvalue weighted by Crippen LogP contribution is 2.20. The Labute approximate surface area is 108 Å². The summed E-state index contributed by atoms with van der Waals surface area (Å²) in [4.78, 5) is 7.73. The zero-order valence-electron chi connectivity index (χ0n) is 9.49. The van der Waals surface area contributed by atoms with Crippen LogP contribution in [-0.2, 0) is 10.2 Å². The van der Waals surface area contributed by atoms with E-state index in [2.05, 4.69) is 9.97 Å². The second kappa shape index (κ2) is 4.20. The second-order valence-electron chi connectivity index (χ2n) is 3.60. The highest BCUT2D eigenvalue weighted by atomic mass is 35.5. The van der Waals surface area contributed by atoms with Crippen molar-refractivity contribution in [1.29, 1.82) is 5.26 Å². The van der Waals surface area contributed by atoms with Gasteiger partial charge in [0.1, 0.15) is 11.6 Å². The maximum Gasteiger partial charge on any atom is 0.309 e. The molecule has 7 nitrogen and oxygen atoms in total. The van der Waals surface area contributed by atoms with E-state index in [4.69, 9.17) is 16.9 Å². The third kappa shape index (κ3) is 1.82. The number of nitriles is 1. The maximum absolute atomic E-state index is 12.1. The van der Waals surface area contributed by atoms with Crippen molar-refractivity contribution >= 4 is 33.0 Å². The predicted octanol–water partition coefficient (Wildman–Crippen LogP) is 0.611. The van der Waals surface area contributed by atoms with Gasteiger partial charge in [0.25, 0.3) is 0 Å². The third-order valence-corrected chi connectivity index (χ3v) is 4.19. The molecule has 0 spiro atoms. The number of pyridine rings is 1. The predicted molar refractivity (Wildman–Crippen MR) is 65.3 cm³/mol. The molecule has 0 radical (unpaired) electrons. The first-order valence-electron chi connectivity index (χ1n) is 4.75. The summed E-state index contributed by atoms with van der Waals surface area (Å²) in [5, 5.41) is 9.22. The van der Waals surface area contributed by atoms with E-state index < -0.39 is 10.2 Å². The summed E-state index contributed by atoms with van der Waals surface area (Å²) in [6, 6.07) is 3.13. The largest absolute Gasteiger partial charge is 0.309 e. The van der Waals surface area contributed by atoms with Crippen molar-refractivity contribution in [1.82, 2.24) is 18.2 Å². The maximum atomic E-state index is 12.1. The number of nitrogens with zero attached hydrogens (tertiary/aromatic N) is 5. The fraction of sp³-hybridized carbons (Fsp3) is 0.222. The lowest BCUT2D eigenvalue weighted by Gasteiger charge is -2.13. The molecule has 0 unspecified atom stereocenters. The Hall–Kier alpha value is -1.69. The Morgan fingerprint density at radius 2 is 2.17 bits per heavy atom. The Balaban J connectivity index is 2.93. The van der Waals surface area contributed by atoms with E-state index in [0.717, 1.165) is 8.28 Å². The molecule has 2 aromatic heterocycles. The van der Waals surface area contributed by atoms with E-state index in [1.54, 1.807) is 6.07 Å². The highest BCUT2D eigenvalue weighted by Gasteiger charge is 2.24. The average Bonchev–Trinajstić information content (AvgIpc) is 2.66. The lowest BCUT2D eigenvalue weighted by atomic mass is 10.4. The molecule has 18 heavy (non-hydrogen) atoms. The van der Waals surface area contributed by atoms with Crippen molar-refractivity contribution in [2.45, 2.75) is 0 Å². The Bertz CT molecular complexity index is 759. The van der Waals surface area contributed by atoms with Crippen molar-refractivity contribution < 1.29 is 8.42 Å². The van der Waals surface area contributed by atoms with Crippen LogP contribution in [0.15, 0.2) is 12.3 Å². The van der Waals surface area contributed by atoms with Crippen LogP contribution in [0.5, 0.6) is 0 Å². The zero-order valence-corrected chi connectivity index (χ0v) is 11.1. The molecule has 0 aliphatic rings. The summed E-state index contributed by atoms with van der Waals surface area (Å²) >= 11 is 5.78. The van der Waals surface area contributed by atoms with Gasteiger partial charge in [0.15, 0.2) is 5.65 Å². The Morgan fingerprint density at radius 3 is 2.72 bits per heavy atom. The molecule has 0 atom stereocenters. The Morgan fingerprint density at radius 1 is 1.50 bits per heavy atom. The van der Waals surface area contributed by atoms with Gasteiger partial charge in [-0.3, -0.25) is 0 Å². The molecule has 94 valence electrons. The fourth-order valence-electron chi connectivity index (χ4n) is 1.38. The molecule has 0 saturated carbocycles. The molecule has 0 aromatic carbocycles. The fourth-order valence-corrected chi connectivity index (χ4v) is 2.55. The molecule has 0 aliphatic carbocycles. The van der Waals surface area contributed by atoms with Crippen LogP contribution in [0.3, 0.4) is 0 Å². The summed E-state index contributed by atoms with van der Waals surface area (Å²) in [6.07, 6.45) is 1.34. The van der Waals surface area contributed by atoms with Crippen LogP contribution in [-0.4, -0.2) is 40.8 Å². The minimum absolute atomic E-state index is 0.154.